The summed E-state index contributed by atoms with van der Waals surface area (Å²) in [6, 6.07) is 15.3. The van der Waals surface area contributed by atoms with Gasteiger partial charge in [-0.25, -0.2) is 8.42 Å². The molecular formula is C19H23ClN2O3S. The van der Waals surface area contributed by atoms with Crippen molar-refractivity contribution in [3.05, 3.63) is 65.2 Å². The third-order valence-corrected chi connectivity index (χ3v) is 5.61. The number of carbonyl (C=O) groups excluding carboxylic acids is 1. The maximum atomic E-state index is 12.6. The smallest absolute Gasteiger partial charge is 0.243 e. The standard InChI is InChI=1S/C19H23ClN2O3S/c1-14(16-7-5-4-6-8-16)13-21-19(23)15(2)22(26(3,24)25)18-11-9-17(20)10-12-18/h4-12,14-15H,13H2,1-3H3,(H,21,23)/t14-,15+/m0/s1. The Hall–Kier alpha value is -2.05. The number of anilines is 1. The largest absolute Gasteiger partial charge is 0.354 e. The van der Waals surface area contributed by atoms with Crippen LogP contribution < -0.4 is 9.62 Å². The summed E-state index contributed by atoms with van der Waals surface area (Å²) in [6.45, 7) is 4.00. The summed E-state index contributed by atoms with van der Waals surface area (Å²) in [5.41, 5.74) is 1.51. The van der Waals surface area contributed by atoms with E-state index < -0.39 is 16.1 Å². The Bertz CT molecular complexity index is 839. The van der Waals surface area contributed by atoms with Gasteiger partial charge in [-0.2, -0.15) is 0 Å². The predicted octanol–water partition coefficient (Wildman–Crippen LogP) is 3.41. The summed E-state index contributed by atoms with van der Waals surface area (Å²) in [6.07, 6.45) is 1.08. The van der Waals surface area contributed by atoms with Crippen LogP contribution in [0.15, 0.2) is 54.6 Å². The minimum Gasteiger partial charge on any atom is -0.354 e. The lowest BCUT2D eigenvalue weighted by atomic mass is 10.0. The summed E-state index contributed by atoms with van der Waals surface area (Å²) in [4.78, 5) is 12.6. The zero-order chi connectivity index (χ0) is 19.3. The Kier molecular flexibility index (Phi) is 6.67. The monoisotopic (exact) mass is 394 g/mol. The van der Waals surface area contributed by atoms with Crippen molar-refractivity contribution in [1.29, 1.82) is 0 Å². The number of sulfonamides is 1. The van der Waals surface area contributed by atoms with Crippen molar-refractivity contribution in [1.82, 2.24) is 5.32 Å². The van der Waals surface area contributed by atoms with Crippen molar-refractivity contribution >= 4 is 33.2 Å². The molecule has 0 bridgehead atoms. The van der Waals surface area contributed by atoms with Crippen LogP contribution >= 0.6 is 11.6 Å². The molecule has 0 saturated heterocycles. The van der Waals surface area contributed by atoms with Crippen molar-refractivity contribution < 1.29 is 13.2 Å². The maximum absolute atomic E-state index is 12.6. The lowest BCUT2D eigenvalue weighted by Crippen LogP contribution is -2.48. The van der Waals surface area contributed by atoms with Crippen molar-refractivity contribution in [2.24, 2.45) is 0 Å². The van der Waals surface area contributed by atoms with E-state index in [9.17, 15) is 13.2 Å². The van der Waals surface area contributed by atoms with E-state index in [4.69, 9.17) is 11.6 Å². The molecule has 1 amide bonds. The first-order chi connectivity index (χ1) is 12.2. The number of amides is 1. The molecule has 0 aliphatic heterocycles. The SMILES string of the molecule is C[C@H](C(=O)NC[C@H](C)c1ccccc1)N(c1ccc(Cl)cc1)S(C)(=O)=O. The number of carbonyl (C=O) groups is 1. The van der Waals surface area contributed by atoms with Gasteiger partial charge < -0.3 is 5.32 Å². The Labute approximate surface area is 160 Å². The zero-order valence-corrected chi connectivity index (χ0v) is 16.6. The molecule has 2 rings (SSSR count). The zero-order valence-electron chi connectivity index (χ0n) is 15.0. The molecule has 0 saturated carbocycles. The molecule has 0 fully saturated rings. The molecule has 7 heteroatoms. The van der Waals surface area contributed by atoms with Gasteiger partial charge in [0, 0.05) is 11.6 Å². The van der Waals surface area contributed by atoms with E-state index in [-0.39, 0.29) is 11.8 Å². The molecule has 140 valence electrons. The third kappa shape index (κ3) is 5.22. The van der Waals surface area contributed by atoms with Crippen molar-refractivity contribution in [3.8, 4) is 0 Å². The van der Waals surface area contributed by atoms with E-state index in [2.05, 4.69) is 5.32 Å². The summed E-state index contributed by atoms with van der Waals surface area (Å²) >= 11 is 5.87. The van der Waals surface area contributed by atoms with Gasteiger partial charge in [-0.05, 0) is 42.7 Å². The molecule has 0 radical (unpaired) electrons. The molecule has 1 N–H and O–H groups in total. The van der Waals surface area contributed by atoms with E-state index in [1.54, 1.807) is 31.2 Å². The number of halogens is 1. The van der Waals surface area contributed by atoms with Gasteiger partial charge >= 0.3 is 0 Å². The van der Waals surface area contributed by atoms with Crippen LogP contribution in [-0.2, 0) is 14.8 Å². The average molecular weight is 395 g/mol. The number of rotatable bonds is 7. The van der Waals surface area contributed by atoms with Gasteiger partial charge in [0.2, 0.25) is 15.9 Å². The van der Waals surface area contributed by atoms with E-state index in [0.29, 0.717) is 17.3 Å². The summed E-state index contributed by atoms with van der Waals surface area (Å²) in [5.74, 6) is -0.234. The lowest BCUT2D eigenvalue weighted by Gasteiger charge is -2.28. The highest BCUT2D eigenvalue weighted by molar-refractivity contribution is 7.92. The fourth-order valence-corrected chi connectivity index (χ4v) is 4.00. The highest BCUT2D eigenvalue weighted by Gasteiger charge is 2.29. The second kappa shape index (κ2) is 8.56. The Morgan fingerprint density at radius 3 is 2.19 bits per heavy atom. The van der Waals surface area contributed by atoms with Crippen LogP contribution in [0.1, 0.15) is 25.3 Å². The Morgan fingerprint density at radius 1 is 1.08 bits per heavy atom. The molecule has 2 aromatic carbocycles. The number of hydrogen-bond donors (Lipinski definition) is 1. The highest BCUT2D eigenvalue weighted by atomic mass is 35.5. The van der Waals surface area contributed by atoms with Crippen molar-refractivity contribution in [3.63, 3.8) is 0 Å². The molecular weight excluding hydrogens is 372 g/mol. The Balaban J connectivity index is 2.11. The average Bonchev–Trinajstić information content (AvgIpc) is 2.60. The van der Waals surface area contributed by atoms with Gasteiger partial charge in [-0.1, -0.05) is 48.9 Å². The van der Waals surface area contributed by atoms with Gasteiger partial charge in [0.25, 0.3) is 0 Å². The van der Waals surface area contributed by atoms with Crippen LogP contribution in [0, 0.1) is 0 Å². The van der Waals surface area contributed by atoms with Crippen molar-refractivity contribution in [2.75, 3.05) is 17.1 Å². The van der Waals surface area contributed by atoms with Crippen LogP contribution in [0.25, 0.3) is 0 Å². The van der Waals surface area contributed by atoms with E-state index in [1.165, 1.54) is 0 Å². The molecule has 0 unspecified atom stereocenters. The first kappa shape index (κ1) is 20.3. The van der Waals surface area contributed by atoms with Crippen LogP contribution in [0.5, 0.6) is 0 Å². The molecule has 2 aromatic rings. The molecule has 0 aliphatic carbocycles. The molecule has 0 heterocycles. The fourth-order valence-electron chi connectivity index (χ4n) is 2.70. The van der Waals surface area contributed by atoms with Crippen LogP contribution in [0.3, 0.4) is 0 Å². The molecule has 0 aliphatic rings. The number of benzene rings is 2. The molecule has 0 spiro atoms. The molecule has 5 nitrogen and oxygen atoms in total. The third-order valence-electron chi connectivity index (χ3n) is 4.12. The fraction of sp³-hybridized carbons (Fsp3) is 0.316. The summed E-state index contributed by atoms with van der Waals surface area (Å²) in [7, 11) is -3.64. The normalized spacial score (nSPS) is 13.7. The van der Waals surface area contributed by atoms with Gasteiger partial charge in [-0.15, -0.1) is 0 Å². The van der Waals surface area contributed by atoms with Gasteiger partial charge in [0.15, 0.2) is 0 Å². The van der Waals surface area contributed by atoms with Gasteiger partial charge in [0.1, 0.15) is 6.04 Å². The molecule has 0 aromatic heterocycles. The quantitative estimate of drug-likeness (QED) is 0.782. The Morgan fingerprint density at radius 2 is 1.65 bits per heavy atom. The van der Waals surface area contributed by atoms with Crippen LogP contribution in [0.2, 0.25) is 5.02 Å². The second-order valence-electron chi connectivity index (χ2n) is 6.27. The first-order valence-electron chi connectivity index (χ1n) is 8.27. The van der Waals surface area contributed by atoms with E-state index in [1.807, 2.05) is 37.3 Å². The molecule has 2 atom stereocenters. The predicted molar refractivity (Wildman–Crippen MR) is 106 cm³/mol. The molecule has 26 heavy (non-hydrogen) atoms. The maximum Gasteiger partial charge on any atom is 0.243 e. The minimum atomic E-state index is -3.64. The number of nitrogens with zero attached hydrogens (tertiary/aromatic N) is 1. The van der Waals surface area contributed by atoms with Gasteiger partial charge in [0.05, 0.1) is 11.9 Å². The van der Waals surface area contributed by atoms with Gasteiger partial charge in [-0.3, -0.25) is 9.10 Å². The minimum absolute atomic E-state index is 0.120. The topological polar surface area (TPSA) is 66.5 Å². The van der Waals surface area contributed by atoms with E-state index >= 15 is 0 Å². The summed E-state index contributed by atoms with van der Waals surface area (Å²) in [5, 5.41) is 3.34. The van der Waals surface area contributed by atoms with Crippen LogP contribution in [-0.4, -0.2) is 33.2 Å². The van der Waals surface area contributed by atoms with E-state index in [0.717, 1.165) is 16.1 Å². The highest BCUT2D eigenvalue weighted by Crippen LogP contribution is 2.23. The lowest BCUT2D eigenvalue weighted by molar-refractivity contribution is -0.121. The summed E-state index contributed by atoms with van der Waals surface area (Å²) < 4.78 is 25.6. The van der Waals surface area contributed by atoms with Crippen molar-refractivity contribution in [2.45, 2.75) is 25.8 Å². The van der Waals surface area contributed by atoms with Crippen LogP contribution in [0.4, 0.5) is 5.69 Å². The second-order valence-corrected chi connectivity index (χ2v) is 8.56. The number of hydrogen-bond acceptors (Lipinski definition) is 3. The first-order valence-corrected chi connectivity index (χ1v) is 10.5. The number of nitrogens with one attached hydrogen (secondary N) is 1.